The Morgan fingerprint density at radius 1 is 1.03 bits per heavy atom. The molecule has 1 aliphatic heterocycles. The van der Waals surface area contributed by atoms with Gasteiger partial charge in [-0.3, -0.25) is 4.99 Å². The quantitative estimate of drug-likeness (QED) is 0.308. The molecule has 0 unspecified atom stereocenters. The zero-order chi connectivity index (χ0) is 24.7. The van der Waals surface area contributed by atoms with Crippen LogP contribution in [-0.2, 0) is 13.0 Å². The Balaban J connectivity index is 0.00000158. The maximum Gasteiger partial charge on any atom is 0.143 e. The van der Waals surface area contributed by atoms with Crippen LogP contribution in [0.1, 0.15) is 48.5 Å². The average Bonchev–Trinajstić information content (AvgIpc) is 2.86. The Bertz CT molecular complexity index is 1160. The fourth-order valence-corrected chi connectivity index (χ4v) is 4.25. The van der Waals surface area contributed by atoms with Gasteiger partial charge >= 0.3 is 0 Å². The first-order valence-electron chi connectivity index (χ1n) is 11.9. The molecule has 0 radical (unpaired) electrons. The molecule has 0 bridgehead atoms. The van der Waals surface area contributed by atoms with E-state index in [0.29, 0.717) is 0 Å². The van der Waals surface area contributed by atoms with Crippen LogP contribution < -0.4 is 15.8 Å². The van der Waals surface area contributed by atoms with Gasteiger partial charge in [-0.1, -0.05) is 69.0 Å². The Morgan fingerprint density at radius 2 is 1.74 bits per heavy atom. The molecular formula is C28H36N6. The standard InChI is InChI=1S/C26H30N6.C2H6/c1-17-10-15-22-18(2)29-19(3)30-26(22)32(17)16-20-11-13-21(14-12-20)23-8-6-7-9-24(23)25(27-4)31-28-5;1-2/h6-9,11-14,28H,1,10,15-16H2,2-5H3,(H,27,31);1-2H3. The van der Waals surface area contributed by atoms with Gasteiger partial charge in [-0.2, -0.15) is 0 Å². The second-order valence-corrected chi connectivity index (χ2v) is 8.00. The van der Waals surface area contributed by atoms with Gasteiger partial charge in [-0.05, 0) is 43.4 Å². The first-order chi connectivity index (χ1) is 16.5. The number of benzene rings is 2. The molecule has 0 amide bonds. The number of nitrogens with one attached hydrogen (secondary N) is 2. The smallest absolute Gasteiger partial charge is 0.143 e. The predicted molar refractivity (Wildman–Crippen MR) is 143 cm³/mol. The van der Waals surface area contributed by atoms with E-state index in [9.17, 15) is 0 Å². The monoisotopic (exact) mass is 456 g/mol. The summed E-state index contributed by atoms with van der Waals surface area (Å²) in [7, 11) is 3.62. The molecule has 6 heteroatoms. The molecule has 2 heterocycles. The maximum atomic E-state index is 4.75. The predicted octanol–water partition coefficient (Wildman–Crippen LogP) is 5.35. The van der Waals surface area contributed by atoms with Crippen molar-refractivity contribution in [3.63, 3.8) is 0 Å². The molecule has 3 aromatic rings. The molecule has 0 saturated heterocycles. The summed E-state index contributed by atoms with van der Waals surface area (Å²) in [5.74, 6) is 2.61. The van der Waals surface area contributed by atoms with E-state index < -0.39 is 0 Å². The first-order valence-corrected chi connectivity index (χ1v) is 11.9. The van der Waals surface area contributed by atoms with E-state index in [1.54, 1.807) is 7.05 Å². The van der Waals surface area contributed by atoms with Gasteiger partial charge in [0, 0.05) is 43.2 Å². The molecule has 1 aromatic heterocycles. The number of hydrogen-bond donors (Lipinski definition) is 2. The van der Waals surface area contributed by atoms with Gasteiger partial charge in [-0.15, -0.1) is 0 Å². The van der Waals surface area contributed by atoms with Crippen molar-refractivity contribution in [3.8, 4) is 11.1 Å². The number of nitrogens with zero attached hydrogens (tertiary/aromatic N) is 4. The second-order valence-electron chi connectivity index (χ2n) is 8.00. The van der Waals surface area contributed by atoms with Gasteiger partial charge in [0.25, 0.3) is 0 Å². The van der Waals surface area contributed by atoms with E-state index in [1.165, 1.54) is 11.1 Å². The minimum Gasteiger partial charge on any atom is -0.326 e. The number of hydrazine groups is 1. The van der Waals surface area contributed by atoms with E-state index in [1.807, 2.05) is 33.9 Å². The zero-order valence-electron chi connectivity index (χ0n) is 21.2. The lowest BCUT2D eigenvalue weighted by Crippen LogP contribution is -2.35. The van der Waals surface area contributed by atoms with E-state index in [-0.39, 0.29) is 0 Å². The van der Waals surface area contributed by atoms with Crippen LogP contribution in [0.4, 0.5) is 5.82 Å². The van der Waals surface area contributed by atoms with Gasteiger partial charge in [0.1, 0.15) is 17.5 Å². The highest BCUT2D eigenvalue weighted by molar-refractivity contribution is 6.04. The summed E-state index contributed by atoms with van der Waals surface area (Å²) < 4.78 is 0. The normalized spacial score (nSPS) is 13.2. The number of amidine groups is 1. The molecule has 178 valence electrons. The third kappa shape index (κ3) is 5.34. The van der Waals surface area contributed by atoms with Gasteiger partial charge in [0.05, 0.1) is 0 Å². The number of hydrogen-bond acceptors (Lipinski definition) is 5. The van der Waals surface area contributed by atoms with Crippen LogP contribution in [0, 0.1) is 13.8 Å². The highest BCUT2D eigenvalue weighted by Crippen LogP contribution is 2.33. The van der Waals surface area contributed by atoms with Gasteiger partial charge in [-0.25, -0.2) is 15.4 Å². The van der Waals surface area contributed by atoms with Crippen LogP contribution in [0.25, 0.3) is 11.1 Å². The van der Waals surface area contributed by atoms with Crippen LogP contribution in [-0.4, -0.2) is 29.9 Å². The Labute approximate surface area is 203 Å². The summed E-state index contributed by atoms with van der Waals surface area (Å²) in [5.41, 5.74) is 14.0. The zero-order valence-corrected chi connectivity index (χ0v) is 21.2. The summed E-state index contributed by atoms with van der Waals surface area (Å²) in [6.45, 7) is 13.1. The topological polar surface area (TPSA) is 65.4 Å². The lowest BCUT2D eigenvalue weighted by Gasteiger charge is -2.33. The summed E-state index contributed by atoms with van der Waals surface area (Å²) in [6, 6.07) is 17.0. The lowest BCUT2D eigenvalue weighted by atomic mass is 9.97. The number of aromatic nitrogens is 2. The molecule has 0 aliphatic carbocycles. The molecule has 0 fully saturated rings. The Morgan fingerprint density at radius 3 is 2.41 bits per heavy atom. The van der Waals surface area contributed by atoms with Crippen molar-refractivity contribution < 1.29 is 0 Å². The fourth-order valence-electron chi connectivity index (χ4n) is 4.25. The fraction of sp³-hybridized carbons (Fsp3) is 0.321. The molecule has 2 N–H and O–H groups in total. The SMILES string of the molecule is C=C1CCc2c(C)nc(C)nc2N1Cc1ccc(-c2ccccc2C(=NC)NNC)cc1.CC. The highest BCUT2D eigenvalue weighted by atomic mass is 15.4. The van der Waals surface area contributed by atoms with Crippen molar-refractivity contribution in [2.24, 2.45) is 4.99 Å². The van der Waals surface area contributed by atoms with Crippen LogP contribution >= 0.6 is 0 Å². The van der Waals surface area contributed by atoms with E-state index >= 15 is 0 Å². The highest BCUT2D eigenvalue weighted by Gasteiger charge is 2.24. The summed E-state index contributed by atoms with van der Waals surface area (Å²) >= 11 is 0. The van der Waals surface area contributed by atoms with Crippen molar-refractivity contribution in [2.45, 2.75) is 47.1 Å². The average molecular weight is 457 g/mol. The Kier molecular flexibility index (Phi) is 8.55. The van der Waals surface area contributed by atoms with Crippen LogP contribution in [0.3, 0.4) is 0 Å². The van der Waals surface area contributed by atoms with Gasteiger partial charge < -0.3 is 10.3 Å². The third-order valence-corrected chi connectivity index (χ3v) is 5.86. The third-order valence-electron chi connectivity index (χ3n) is 5.86. The number of aryl methyl sites for hydroxylation is 2. The van der Waals surface area contributed by atoms with Crippen molar-refractivity contribution in [2.75, 3.05) is 19.0 Å². The molecule has 1 aliphatic rings. The Hall–Kier alpha value is -3.51. The largest absolute Gasteiger partial charge is 0.326 e. The second kappa shape index (κ2) is 11.6. The van der Waals surface area contributed by atoms with Crippen LogP contribution in [0.5, 0.6) is 0 Å². The molecule has 2 aromatic carbocycles. The summed E-state index contributed by atoms with van der Waals surface area (Å²) in [6.07, 6.45) is 1.89. The van der Waals surface area contributed by atoms with Gasteiger partial charge in [0.2, 0.25) is 0 Å². The number of anilines is 1. The lowest BCUT2D eigenvalue weighted by molar-refractivity contribution is 0.744. The number of allylic oxidation sites excluding steroid dienone is 1. The molecule has 0 saturated carbocycles. The minimum atomic E-state index is 0.743. The summed E-state index contributed by atoms with van der Waals surface area (Å²) in [5, 5.41) is 0. The van der Waals surface area contributed by atoms with Crippen LogP contribution in [0.15, 0.2) is 65.8 Å². The molecular weight excluding hydrogens is 420 g/mol. The maximum absolute atomic E-state index is 4.75. The first kappa shape index (κ1) is 25.1. The minimum absolute atomic E-state index is 0.743. The molecule has 0 spiro atoms. The number of aliphatic imine (C=N–C) groups is 1. The van der Waals surface area contributed by atoms with E-state index in [0.717, 1.165) is 64.9 Å². The van der Waals surface area contributed by atoms with Crippen molar-refractivity contribution in [1.29, 1.82) is 0 Å². The van der Waals surface area contributed by atoms with E-state index in [2.05, 4.69) is 81.7 Å². The number of rotatable bonds is 5. The molecule has 6 nitrogen and oxygen atoms in total. The molecule has 34 heavy (non-hydrogen) atoms. The van der Waals surface area contributed by atoms with Crippen molar-refractivity contribution in [3.05, 3.63) is 89.0 Å². The number of fused-ring (bicyclic) bond motifs is 1. The van der Waals surface area contributed by atoms with E-state index in [4.69, 9.17) is 4.98 Å². The van der Waals surface area contributed by atoms with Gasteiger partial charge in [0.15, 0.2) is 0 Å². The summed E-state index contributed by atoms with van der Waals surface area (Å²) in [4.78, 5) is 15.9. The van der Waals surface area contributed by atoms with Crippen LogP contribution in [0.2, 0.25) is 0 Å². The molecule has 4 rings (SSSR count). The van der Waals surface area contributed by atoms with Crippen molar-refractivity contribution in [1.82, 2.24) is 20.8 Å². The molecule has 0 atom stereocenters. The van der Waals surface area contributed by atoms with Crippen molar-refractivity contribution >= 4 is 11.7 Å².